The highest BCUT2D eigenvalue weighted by atomic mass is 32.1. The summed E-state index contributed by atoms with van der Waals surface area (Å²) in [4.78, 5) is 65.8. The molecule has 10 nitrogen and oxygen atoms in total. The van der Waals surface area contributed by atoms with E-state index in [2.05, 4.69) is 45.7 Å². The van der Waals surface area contributed by atoms with Crippen LogP contribution >= 0.6 is 12.6 Å². The fourth-order valence-electron chi connectivity index (χ4n) is 5.17. The number of rotatable bonds is 16. The quantitative estimate of drug-likeness (QED) is 0.137. The number of thiol groups is 1. The summed E-state index contributed by atoms with van der Waals surface area (Å²) >= 11 is 4.26. The van der Waals surface area contributed by atoms with Crippen molar-refractivity contribution in [3.63, 3.8) is 0 Å². The van der Waals surface area contributed by atoms with Gasteiger partial charge in [0.1, 0.15) is 12.1 Å². The number of nitrogens with zero attached hydrogens (tertiary/aromatic N) is 1. The summed E-state index contributed by atoms with van der Waals surface area (Å²) in [7, 11) is 0. The molecule has 0 aromatic heterocycles. The summed E-state index contributed by atoms with van der Waals surface area (Å²) in [5.41, 5.74) is 3.20. The molecule has 2 aromatic carbocycles. The Labute approximate surface area is 290 Å². The first-order chi connectivity index (χ1) is 22.8. The predicted molar refractivity (Wildman–Crippen MR) is 191 cm³/mol. The molecule has 48 heavy (non-hydrogen) atoms. The molecule has 1 heterocycles. The Hall–Kier alpha value is -4.30. The van der Waals surface area contributed by atoms with Gasteiger partial charge in [-0.3, -0.25) is 24.0 Å². The first-order valence-corrected chi connectivity index (χ1v) is 17.2. The van der Waals surface area contributed by atoms with Crippen molar-refractivity contribution in [1.29, 1.82) is 0 Å². The van der Waals surface area contributed by atoms with Crippen molar-refractivity contribution in [1.82, 2.24) is 21.3 Å². The first-order valence-electron chi connectivity index (χ1n) is 16.6. The lowest BCUT2D eigenvalue weighted by molar-refractivity contribution is -0.133. The topological polar surface area (TPSA) is 137 Å². The van der Waals surface area contributed by atoms with E-state index in [0.29, 0.717) is 18.8 Å². The molecule has 0 spiro atoms. The molecule has 0 aliphatic carbocycles. The number of fused-ring (bicyclic) bond motifs is 2. The second kappa shape index (κ2) is 18.3. The highest BCUT2D eigenvalue weighted by Crippen LogP contribution is 2.26. The van der Waals surface area contributed by atoms with Crippen LogP contribution in [0.2, 0.25) is 0 Å². The van der Waals surface area contributed by atoms with Crippen LogP contribution < -0.4 is 26.2 Å². The van der Waals surface area contributed by atoms with Gasteiger partial charge in [0.2, 0.25) is 29.5 Å². The van der Waals surface area contributed by atoms with Gasteiger partial charge in [-0.1, -0.05) is 69.9 Å². The summed E-state index contributed by atoms with van der Waals surface area (Å²) < 4.78 is 0. The molecule has 0 saturated heterocycles. The minimum Gasteiger partial charge on any atom is -0.356 e. The van der Waals surface area contributed by atoms with Gasteiger partial charge < -0.3 is 26.2 Å². The van der Waals surface area contributed by atoms with Crippen molar-refractivity contribution in [3.05, 3.63) is 65.2 Å². The smallest absolute Gasteiger partial charge is 0.243 e. The third-order valence-electron chi connectivity index (χ3n) is 8.19. The van der Waals surface area contributed by atoms with Gasteiger partial charge in [0, 0.05) is 43.5 Å². The molecule has 258 valence electrons. The second-order valence-corrected chi connectivity index (χ2v) is 13.7. The van der Waals surface area contributed by atoms with Crippen LogP contribution in [0.25, 0.3) is 0 Å². The van der Waals surface area contributed by atoms with Crippen LogP contribution in [-0.4, -0.2) is 60.5 Å². The van der Waals surface area contributed by atoms with E-state index >= 15 is 0 Å². The molecule has 3 rings (SSSR count). The molecule has 0 unspecified atom stereocenters. The van der Waals surface area contributed by atoms with E-state index in [9.17, 15) is 24.0 Å². The summed E-state index contributed by atoms with van der Waals surface area (Å²) in [6, 6.07) is 13.6. The molecule has 2 aromatic rings. The van der Waals surface area contributed by atoms with Crippen molar-refractivity contribution in [2.24, 2.45) is 11.3 Å². The van der Waals surface area contributed by atoms with E-state index in [1.165, 1.54) is 0 Å². The van der Waals surface area contributed by atoms with Crippen LogP contribution in [0.3, 0.4) is 0 Å². The lowest BCUT2D eigenvalue weighted by atomic mass is 9.90. The van der Waals surface area contributed by atoms with Crippen molar-refractivity contribution in [3.8, 4) is 11.8 Å². The van der Waals surface area contributed by atoms with Gasteiger partial charge in [0.25, 0.3) is 0 Å². The third kappa shape index (κ3) is 11.7. The largest absolute Gasteiger partial charge is 0.356 e. The van der Waals surface area contributed by atoms with Gasteiger partial charge in [-0.25, -0.2) is 0 Å². The Morgan fingerprint density at radius 2 is 1.48 bits per heavy atom. The van der Waals surface area contributed by atoms with Crippen LogP contribution in [0.1, 0.15) is 83.4 Å². The van der Waals surface area contributed by atoms with E-state index in [4.69, 9.17) is 0 Å². The normalized spacial score (nSPS) is 13.4. The number of hydrogen-bond donors (Lipinski definition) is 5. The molecule has 1 aliphatic heterocycles. The second-order valence-electron chi connectivity index (χ2n) is 13.2. The number of benzene rings is 2. The zero-order valence-electron chi connectivity index (χ0n) is 28.7. The van der Waals surface area contributed by atoms with Crippen molar-refractivity contribution < 1.29 is 24.0 Å². The van der Waals surface area contributed by atoms with E-state index in [0.717, 1.165) is 28.8 Å². The Morgan fingerprint density at radius 3 is 2.19 bits per heavy atom. The lowest BCUT2D eigenvalue weighted by Crippen LogP contribution is -2.55. The highest BCUT2D eigenvalue weighted by molar-refractivity contribution is 7.80. The fraction of sp³-hybridized carbons (Fsp3) is 0.486. The van der Waals surface area contributed by atoms with Crippen LogP contribution in [0.4, 0.5) is 5.69 Å². The Bertz CT molecular complexity index is 1530. The number of para-hydroxylation sites is 1. The van der Waals surface area contributed by atoms with E-state index in [1.54, 1.807) is 11.8 Å². The van der Waals surface area contributed by atoms with Crippen LogP contribution in [0.15, 0.2) is 48.5 Å². The Balaban J connectivity index is 1.42. The number of carbonyl (C=O) groups excluding carboxylic acids is 5. The maximum Gasteiger partial charge on any atom is 0.243 e. The maximum absolute atomic E-state index is 13.3. The Kier molecular flexibility index (Phi) is 14.5. The minimum atomic E-state index is -0.834. The average molecular weight is 676 g/mol. The van der Waals surface area contributed by atoms with Gasteiger partial charge >= 0.3 is 0 Å². The monoisotopic (exact) mass is 675 g/mol. The summed E-state index contributed by atoms with van der Waals surface area (Å²) in [6.45, 7) is 10.3. The average Bonchev–Trinajstić information content (AvgIpc) is 3.03. The first kappa shape index (κ1) is 38.2. The SMILES string of the molecule is CC(C)[C@H](NC(=O)CCCC(=O)NCCC(=O)N1Cc2ccccc2C#Cc2ccccc21)C(=O)N[C@@H](C)C(=O)NCC(C)(C)CCS. The van der Waals surface area contributed by atoms with Crippen molar-refractivity contribution >= 4 is 47.9 Å². The van der Waals surface area contributed by atoms with Crippen LogP contribution in [0.5, 0.6) is 0 Å². The predicted octanol–water partition coefficient (Wildman–Crippen LogP) is 3.72. The molecule has 2 atom stereocenters. The van der Waals surface area contributed by atoms with Crippen LogP contribution in [0, 0.1) is 23.2 Å². The molecular weight excluding hydrogens is 627 g/mol. The molecular formula is C37H49N5O5S. The molecule has 11 heteroatoms. The molecule has 0 fully saturated rings. The molecule has 0 bridgehead atoms. The molecule has 0 saturated carbocycles. The minimum absolute atomic E-state index is 0.0458. The van der Waals surface area contributed by atoms with Gasteiger partial charge in [0.15, 0.2) is 0 Å². The van der Waals surface area contributed by atoms with Gasteiger partial charge in [-0.15, -0.1) is 0 Å². The van der Waals surface area contributed by atoms with E-state index < -0.39 is 18.0 Å². The molecule has 0 radical (unpaired) electrons. The molecule has 4 N–H and O–H groups in total. The zero-order chi connectivity index (χ0) is 35.3. The lowest BCUT2D eigenvalue weighted by Gasteiger charge is -2.26. The highest BCUT2D eigenvalue weighted by Gasteiger charge is 2.28. The summed E-state index contributed by atoms with van der Waals surface area (Å²) in [5, 5.41) is 11.1. The maximum atomic E-state index is 13.3. The van der Waals surface area contributed by atoms with Gasteiger partial charge in [-0.05, 0) is 60.6 Å². The number of anilines is 1. The van der Waals surface area contributed by atoms with Crippen molar-refractivity contribution in [2.75, 3.05) is 23.7 Å². The zero-order valence-corrected chi connectivity index (χ0v) is 29.5. The van der Waals surface area contributed by atoms with Crippen LogP contribution in [-0.2, 0) is 30.5 Å². The Morgan fingerprint density at radius 1 is 0.833 bits per heavy atom. The van der Waals surface area contributed by atoms with Crippen molar-refractivity contribution in [2.45, 2.75) is 85.4 Å². The van der Waals surface area contributed by atoms with E-state index in [-0.39, 0.29) is 67.2 Å². The van der Waals surface area contributed by atoms with Gasteiger partial charge in [0.05, 0.1) is 12.2 Å². The number of hydrogen-bond acceptors (Lipinski definition) is 6. The standard InChI is InChI=1S/C37H49N5O5S/c1-25(2)34(36(47)40-26(3)35(46)39-24-37(4,5)20-22-48)41-32(44)16-10-15-31(43)38-21-19-33(45)42-23-29-13-7-6-11-27(29)17-18-28-12-8-9-14-30(28)42/h6-9,11-14,25-26,34,48H,10,15-16,19-24H2,1-5H3,(H,38,43)(H,39,46)(H,40,47)(H,41,44)/t26-,34-/m0/s1. The molecule has 1 aliphatic rings. The number of carbonyl (C=O) groups is 5. The summed E-state index contributed by atoms with van der Waals surface area (Å²) in [5.74, 6) is 5.34. The number of nitrogens with one attached hydrogen (secondary N) is 4. The number of amides is 5. The molecule has 5 amide bonds. The van der Waals surface area contributed by atoms with E-state index in [1.807, 2.05) is 76.2 Å². The van der Waals surface area contributed by atoms with Gasteiger partial charge in [-0.2, -0.15) is 12.6 Å². The summed E-state index contributed by atoms with van der Waals surface area (Å²) in [6.07, 6.45) is 1.35. The fourth-order valence-corrected chi connectivity index (χ4v) is 5.77. The third-order valence-corrected chi connectivity index (χ3v) is 8.41.